The molecule has 76 valence electrons. The highest BCUT2D eigenvalue weighted by Gasteiger charge is 2.20. The minimum Gasteiger partial charge on any atom is -0.388 e. The molecule has 0 radical (unpaired) electrons. The Bertz CT molecular complexity index is 337. The van der Waals surface area contributed by atoms with Gasteiger partial charge in [0, 0.05) is 38.1 Å². The summed E-state index contributed by atoms with van der Waals surface area (Å²) in [5, 5.41) is 3.20. The Morgan fingerprint density at radius 2 is 2.21 bits per heavy atom. The van der Waals surface area contributed by atoms with E-state index in [-0.39, 0.29) is 0 Å². The molecule has 0 aliphatic carbocycles. The van der Waals surface area contributed by atoms with Crippen LogP contribution in [0.2, 0.25) is 0 Å². The maximum absolute atomic E-state index is 4.40. The number of nitrogens with zero attached hydrogens (tertiary/aromatic N) is 3. The summed E-state index contributed by atoms with van der Waals surface area (Å²) in [6.07, 6.45) is 1.85. The van der Waals surface area contributed by atoms with E-state index < -0.39 is 0 Å². The maximum Gasteiger partial charge on any atom is 0.135 e. The molecular formula is C10H16N4. The molecule has 0 aromatic carbocycles. The van der Waals surface area contributed by atoms with E-state index in [2.05, 4.69) is 34.2 Å². The number of rotatable bonds is 1. The predicted molar refractivity (Wildman–Crippen MR) is 58.5 cm³/mol. The Hall–Kier alpha value is -1.29. The van der Waals surface area contributed by atoms with Gasteiger partial charge in [-0.1, -0.05) is 0 Å². The Kier molecular flexibility index (Phi) is 2.29. The summed E-state index contributed by atoms with van der Waals surface area (Å²) in [4.78, 5) is 8.84. The average molecular weight is 192 g/mol. The van der Waals surface area contributed by atoms with Crippen molar-refractivity contribution in [3.63, 3.8) is 0 Å². The number of nitrogens with one attached hydrogen (secondary N) is 1. The third kappa shape index (κ3) is 1.42. The van der Waals surface area contributed by atoms with Gasteiger partial charge in [-0.25, -0.2) is 4.98 Å². The van der Waals surface area contributed by atoms with Gasteiger partial charge in [0.05, 0.1) is 6.67 Å². The highest BCUT2D eigenvalue weighted by molar-refractivity contribution is 5.63. The van der Waals surface area contributed by atoms with Gasteiger partial charge in [-0.05, 0) is 13.1 Å². The molecule has 1 aliphatic heterocycles. The number of anilines is 2. The summed E-state index contributed by atoms with van der Waals surface area (Å²) in [5.41, 5.74) is 2.46. The topological polar surface area (TPSA) is 31.4 Å². The van der Waals surface area contributed by atoms with E-state index in [1.807, 2.05) is 19.3 Å². The first kappa shape index (κ1) is 9.27. The van der Waals surface area contributed by atoms with Crippen molar-refractivity contribution in [3.8, 4) is 0 Å². The van der Waals surface area contributed by atoms with Crippen molar-refractivity contribution in [2.75, 3.05) is 38.0 Å². The molecular weight excluding hydrogens is 176 g/mol. The molecule has 0 spiro atoms. The minimum atomic E-state index is 0.938. The standard InChI is InChI=1S/C10H16N4/c1-11-9-4-5-12-10-8(9)6-13(2)7-14(10)3/h4-5H,6-7H2,1-3H3,(H,11,12). The highest BCUT2D eigenvalue weighted by atomic mass is 15.3. The Morgan fingerprint density at radius 1 is 1.43 bits per heavy atom. The molecule has 0 saturated carbocycles. The van der Waals surface area contributed by atoms with Gasteiger partial charge >= 0.3 is 0 Å². The normalized spacial score (nSPS) is 16.6. The SMILES string of the molecule is CNc1ccnc2c1CN(C)CN2C. The second-order valence-electron chi connectivity index (χ2n) is 3.76. The molecule has 2 rings (SSSR count). The van der Waals surface area contributed by atoms with E-state index in [1.54, 1.807) is 0 Å². The van der Waals surface area contributed by atoms with Crippen LogP contribution < -0.4 is 10.2 Å². The van der Waals surface area contributed by atoms with Gasteiger partial charge in [-0.2, -0.15) is 0 Å². The van der Waals surface area contributed by atoms with E-state index in [0.717, 1.165) is 19.0 Å². The molecule has 14 heavy (non-hydrogen) atoms. The largest absolute Gasteiger partial charge is 0.388 e. The van der Waals surface area contributed by atoms with Crippen LogP contribution in [0.5, 0.6) is 0 Å². The molecule has 0 saturated heterocycles. The lowest BCUT2D eigenvalue weighted by Gasteiger charge is -2.33. The molecule has 0 unspecified atom stereocenters. The van der Waals surface area contributed by atoms with Gasteiger partial charge in [0.15, 0.2) is 0 Å². The quantitative estimate of drug-likeness (QED) is 0.718. The summed E-state index contributed by atoms with van der Waals surface area (Å²) in [6.45, 7) is 1.90. The van der Waals surface area contributed by atoms with Crippen LogP contribution in [-0.4, -0.2) is 37.7 Å². The molecule has 0 fully saturated rings. The van der Waals surface area contributed by atoms with Gasteiger partial charge in [-0.3, -0.25) is 4.90 Å². The average Bonchev–Trinajstić information content (AvgIpc) is 2.17. The Balaban J connectivity index is 2.47. The molecule has 1 N–H and O–H groups in total. The zero-order valence-corrected chi connectivity index (χ0v) is 8.91. The molecule has 4 nitrogen and oxygen atoms in total. The lowest BCUT2D eigenvalue weighted by atomic mass is 10.1. The summed E-state index contributed by atoms with van der Waals surface area (Å²) < 4.78 is 0. The van der Waals surface area contributed by atoms with E-state index in [0.29, 0.717) is 0 Å². The first-order valence-electron chi connectivity index (χ1n) is 4.77. The summed E-state index contributed by atoms with van der Waals surface area (Å²) in [6, 6.07) is 2.02. The van der Waals surface area contributed by atoms with Crippen LogP contribution in [0.25, 0.3) is 0 Å². The van der Waals surface area contributed by atoms with E-state index in [9.17, 15) is 0 Å². The molecule has 0 amide bonds. The number of hydrogen-bond donors (Lipinski definition) is 1. The van der Waals surface area contributed by atoms with Gasteiger partial charge in [0.2, 0.25) is 0 Å². The number of fused-ring (bicyclic) bond motifs is 1. The third-order valence-electron chi connectivity index (χ3n) is 2.55. The predicted octanol–water partition coefficient (Wildman–Crippen LogP) is 0.962. The second kappa shape index (κ2) is 3.46. The number of aromatic nitrogens is 1. The second-order valence-corrected chi connectivity index (χ2v) is 3.76. The van der Waals surface area contributed by atoms with Crippen molar-refractivity contribution in [2.45, 2.75) is 6.54 Å². The van der Waals surface area contributed by atoms with Crippen LogP contribution in [0.15, 0.2) is 12.3 Å². The third-order valence-corrected chi connectivity index (χ3v) is 2.55. The highest BCUT2D eigenvalue weighted by Crippen LogP contribution is 2.28. The molecule has 4 heteroatoms. The van der Waals surface area contributed by atoms with Crippen LogP contribution >= 0.6 is 0 Å². The fourth-order valence-electron chi connectivity index (χ4n) is 1.95. The first-order chi connectivity index (χ1) is 6.72. The zero-order chi connectivity index (χ0) is 10.1. The van der Waals surface area contributed by atoms with Crippen LogP contribution in [0.4, 0.5) is 11.5 Å². The molecule has 1 aliphatic rings. The van der Waals surface area contributed by atoms with Crippen LogP contribution in [-0.2, 0) is 6.54 Å². The maximum atomic E-state index is 4.40. The Labute approximate surface area is 84.5 Å². The molecule has 0 bridgehead atoms. The lowest BCUT2D eigenvalue weighted by Crippen LogP contribution is -2.38. The summed E-state index contributed by atoms with van der Waals surface area (Å²) >= 11 is 0. The smallest absolute Gasteiger partial charge is 0.135 e. The van der Waals surface area contributed by atoms with Gasteiger partial charge in [-0.15, -0.1) is 0 Å². The van der Waals surface area contributed by atoms with Gasteiger partial charge in [0.25, 0.3) is 0 Å². The van der Waals surface area contributed by atoms with Crippen molar-refractivity contribution in [1.29, 1.82) is 0 Å². The van der Waals surface area contributed by atoms with E-state index in [4.69, 9.17) is 0 Å². The van der Waals surface area contributed by atoms with Crippen molar-refractivity contribution >= 4 is 11.5 Å². The van der Waals surface area contributed by atoms with Crippen molar-refractivity contribution in [3.05, 3.63) is 17.8 Å². The minimum absolute atomic E-state index is 0.938. The molecule has 0 atom stereocenters. The van der Waals surface area contributed by atoms with E-state index >= 15 is 0 Å². The fraction of sp³-hybridized carbons (Fsp3) is 0.500. The molecule has 2 heterocycles. The zero-order valence-electron chi connectivity index (χ0n) is 8.91. The number of hydrogen-bond acceptors (Lipinski definition) is 4. The summed E-state index contributed by atoms with van der Waals surface area (Å²) in [7, 11) is 6.14. The molecule has 1 aromatic rings. The van der Waals surface area contributed by atoms with Crippen LogP contribution in [0.3, 0.4) is 0 Å². The van der Waals surface area contributed by atoms with Gasteiger partial charge in [0.1, 0.15) is 5.82 Å². The van der Waals surface area contributed by atoms with Gasteiger partial charge < -0.3 is 10.2 Å². The lowest BCUT2D eigenvalue weighted by molar-refractivity contribution is 0.314. The van der Waals surface area contributed by atoms with Crippen molar-refractivity contribution in [1.82, 2.24) is 9.88 Å². The van der Waals surface area contributed by atoms with Crippen LogP contribution in [0, 0.1) is 0 Å². The fourth-order valence-corrected chi connectivity index (χ4v) is 1.95. The van der Waals surface area contributed by atoms with Crippen molar-refractivity contribution < 1.29 is 0 Å². The Morgan fingerprint density at radius 3 is 2.93 bits per heavy atom. The van der Waals surface area contributed by atoms with E-state index in [1.165, 1.54) is 11.3 Å². The van der Waals surface area contributed by atoms with Crippen LogP contribution in [0.1, 0.15) is 5.56 Å². The van der Waals surface area contributed by atoms with Crippen molar-refractivity contribution in [2.24, 2.45) is 0 Å². The first-order valence-corrected chi connectivity index (χ1v) is 4.77. The number of pyridine rings is 1. The monoisotopic (exact) mass is 192 g/mol. The molecule has 1 aromatic heterocycles. The summed E-state index contributed by atoms with van der Waals surface area (Å²) in [5.74, 6) is 1.09.